The molecule has 0 aliphatic carbocycles. The van der Waals surface area contributed by atoms with E-state index in [-0.39, 0.29) is 0 Å². The third-order valence-electron chi connectivity index (χ3n) is 5.16. The number of benzene rings is 1. The average Bonchev–Trinajstić information content (AvgIpc) is 3.51. The Morgan fingerprint density at radius 3 is 2.72 bits per heavy atom. The van der Waals surface area contributed by atoms with E-state index >= 15 is 0 Å². The van der Waals surface area contributed by atoms with Crippen molar-refractivity contribution in [1.29, 1.82) is 0 Å². The summed E-state index contributed by atoms with van der Waals surface area (Å²) in [4.78, 5) is 8.63. The van der Waals surface area contributed by atoms with Gasteiger partial charge in [-0.15, -0.1) is 10.2 Å². The monoisotopic (exact) mass is 421 g/mol. The standard InChI is InChI=1S/C23H15N7O2/c1-31-18-9-4-7-15-20(18)21(16-8-2-3-11-25-16)28-30-22(15)26-27-23(30)17-12-19(32-29-17)14-6-5-10-24-13-14/h2-13H,1H3. The van der Waals surface area contributed by atoms with Crippen molar-refractivity contribution in [2.24, 2.45) is 0 Å². The molecular formula is C23H15N7O2. The molecule has 0 aliphatic rings. The lowest BCUT2D eigenvalue weighted by molar-refractivity contribution is 0.420. The third-order valence-corrected chi connectivity index (χ3v) is 5.16. The molecule has 9 heteroatoms. The fourth-order valence-corrected chi connectivity index (χ4v) is 3.69. The Bertz CT molecular complexity index is 1560. The van der Waals surface area contributed by atoms with Gasteiger partial charge >= 0.3 is 0 Å². The molecule has 1 aromatic carbocycles. The first-order chi connectivity index (χ1) is 15.8. The number of hydrogen-bond donors (Lipinski definition) is 0. The molecule has 0 N–H and O–H groups in total. The van der Waals surface area contributed by atoms with Crippen LogP contribution in [0.5, 0.6) is 5.75 Å². The largest absolute Gasteiger partial charge is 0.496 e. The number of aromatic nitrogens is 7. The van der Waals surface area contributed by atoms with Crippen LogP contribution in [0.25, 0.3) is 50.6 Å². The fraction of sp³-hybridized carbons (Fsp3) is 0.0435. The molecule has 0 radical (unpaired) electrons. The molecule has 5 heterocycles. The van der Waals surface area contributed by atoms with Crippen LogP contribution in [0.4, 0.5) is 0 Å². The van der Waals surface area contributed by atoms with Crippen molar-refractivity contribution in [2.45, 2.75) is 0 Å². The van der Waals surface area contributed by atoms with Crippen molar-refractivity contribution in [3.8, 4) is 40.0 Å². The molecule has 5 aromatic heterocycles. The predicted octanol–water partition coefficient (Wildman–Crippen LogP) is 4.07. The first-order valence-electron chi connectivity index (χ1n) is 9.84. The number of methoxy groups -OCH3 is 1. The molecule has 6 rings (SSSR count). The Morgan fingerprint density at radius 1 is 0.938 bits per heavy atom. The van der Waals surface area contributed by atoms with Gasteiger partial charge in [-0.05, 0) is 30.3 Å². The molecule has 0 atom stereocenters. The zero-order chi connectivity index (χ0) is 21.5. The maximum absolute atomic E-state index is 5.62. The van der Waals surface area contributed by atoms with Crippen molar-refractivity contribution in [2.75, 3.05) is 7.11 Å². The number of rotatable bonds is 4. The van der Waals surface area contributed by atoms with Crippen molar-refractivity contribution in [3.05, 3.63) is 73.2 Å². The lowest BCUT2D eigenvalue weighted by Gasteiger charge is -2.11. The maximum atomic E-state index is 5.62. The van der Waals surface area contributed by atoms with Crippen LogP contribution in [0.3, 0.4) is 0 Å². The highest BCUT2D eigenvalue weighted by atomic mass is 16.5. The number of nitrogens with zero attached hydrogens (tertiary/aromatic N) is 7. The Hall–Kier alpha value is -4.66. The van der Waals surface area contributed by atoms with E-state index in [1.807, 2.05) is 48.5 Å². The van der Waals surface area contributed by atoms with E-state index in [1.54, 1.807) is 36.3 Å². The first-order valence-corrected chi connectivity index (χ1v) is 9.84. The van der Waals surface area contributed by atoms with Crippen molar-refractivity contribution >= 4 is 16.4 Å². The van der Waals surface area contributed by atoms with E-state index in [4.69, 9.17) is 14.4 Å². The molecule has 0 bridgehead atoms. The van der Waals surface area contributed by atoms with Crippen LogP contribution in [0.15, 0.2) is 77.7 Å². The second-order valence-corrected chi connectivity index (χ2v) is 7.02. The second kappa shape index (κ2) is 7.24. The van der Waals surface area contributed by atoms with Crippen LogP contribution >= 0.6 is 0 Å². The van der Waals surface area contributed by atoms with Crippen LogP contribution in [0.1, 0.15) is 0 Å². The Labute approximate surface area is 181 Å². The van der Waals surface area contributed by atoms with E-state index in [1.165, 1.54) is 0 Å². The van der Waals surface area contributed by atoms with Crippen molar-refractivity contribution < 1.29 is 9.26 Å². The van der Waals surface area contributed by atoms with E-state index in [9.17, 15) is 0 Å². The van der Waals surface area contributed by atoms with Gasteiger partial charge in [-0.25, -0.2) is 0 Å². The first kappa shape index (κ1) is 18.1. The lowest BCUT2D eigenvalue weighted by Crippen LogP contribution is -2.01. The zero-order valence-corrected chi connectivity index (χ0v) is 16.9. The van der Waals surface area contributed by atoms with Crippen molar-refractivity contribution in [3.63, 3.8) is 0 Å². The van der Waals surface area contributed by atoms with Gasteiger partial charge in [0.15, 0.2) is 17.1 Å². The van der Waals surface area contributed by atoms with Gasteiger partial charge in [-0.1, -0.05) is 23.4 Å². The molecular weight excluding hydrogens is 406 g/mol. The van der Waals surface area contributed by atoms with Crippen LogP contribution in [-0.2, 0) is 0 Å². The summed E-state index contributed by atoms with van der Waals surface area (Å²) in [6, 6.07) is 17.0. The van der Waals surface area contributed by atoms with Gasteiger partial charge in [-0.3, -0.25) is 9.97 Å². The number of fused-ring (bicyclic) bond motifs is 3. The molecule has 9 nitrogen and oxygen atoms in total. The summed E-state index contributed by atoms with van der Waals surface area (Å²) in [5.74, 6) is 1.72. The summed E-state index contributed by atoms with van der Waals surface area (Å²) >= 11 is 0. The third kappa shape index (κ3) is 2.79. The SMILES string of the molecule is COc1cccc2c1c(-c1ccccn1)nn1c(-c3cc(-c4cccnc4)on3)nnc21. The average molecular weight is 421 g/mol. The summed E-state index contributed by atoms with van der Waals surface area (Å²) in [6.45, 7) is 0. The topological polar surface area (TPSA) is 104 Å². The van der Waals surface area contributed by atoms with Gasteiger partial charge < -0.3 is 9.26 Å². The molecule has 0 saturated heterocycles. The highest BCUT2D eigenvalue weighted by Gasteiger charge is 2.21. The molecule has 0 amide bonds. The van der Waals surface area contributed by atoms with Crippen molar-refractivity contribution in [1.82, 2.24) is 34.9 Å². The fourth-order valence-electron chi connectivity index (χ4n) is 3.69. The van der Waals surface area contributed by atoms with E-state index in [0.29, 0.717) is 40.1 Å². The normalized spacial score (nSPS) is 11.3. The van der Waals surface area contributed by atoms with Crippen LogP contribution in [0.2, 0.25) is 0 Å². The summed E-state index contributed by atoms with van der Waals surface area (Å²) in [6.07, 6.45) is 5.14. The molecule has 154 valence electrons. The van der Waals surface area contributed by atoms with E-state index in [2.05, 4.69) is 25.3 Å². The zero-order valence-electron chi connectivity index (χ0n) is 16.9. The molecule has 6 aromatic rings. The molecule has 32 heavy (non-hydrogen) atoms. The van der Waals surface area contributed by atoms with Crippen LogP contribution in [-0.4, -0.2) is 42.0 Å². The molecule has 0 fully saturated rings. The molecule has 0 spiro atoms. The highest BCUT2D eigenvalue weighted by Crippen LogP contribution is 2.36. The summed E-state index contributed by atoms with van der Waals surface area (Å²) in [7, 11) is 1.63. The Morgan fingerprint density at radius 2 is 1.91 bits per heavy atom. The van der Waals surface area contributed by atoms with Gasteiger partial charge in [0.25, 0.3) is 0 Å². The summed E-state index contributed by atoms with van der Waals surface area (Å²) in [5, 5.41) is 19.5. The minimum Gasteiger partial charge on any atom is -0.496 e. The second-order valence-electron chi connectivity index (χ2n) is 7.02. The molecule has 0 unspecified atom stereocenters. The number of hydrogen-bond acceptors (Lipinski definition) is 8. The van der Waals surface area contributed by atoms with Gasteiger partial charge in [-0.2, -0.15) is 9.61 Å². The minimum atomic E-state index is 0.459. The van der Waals surface area contributed by atoms with E-state index < -0.39 is 0 Å². The van der Waals surface area contributed by atoms with Gasteiger partial charge in [0, 0.05) is 35.6 Å². The quantitative estimate of drug-likeness (QED) is 0.420. The van der Waals surface area contributed by atoms with Gasteiger partial charge in [0.2, 0.25) is 5.82 Å². The minimum absolute atomic E-state index is 0.459. The van der Waals surface area contributed by atoms with Gasteiger partial charge in [0.05, 0.1) is 18.2 Å². The summed E-state index contributed by atoms with van der Waals surface area (Å²) in [5.41, 5.74) is 3.28. The Balaban J connectivity index is 1.62. The number of ether oxygens (including phenoxy) is 1. The lowest BCUT2D eigenvalue weighted by atomic mass is 10.1. The smallest absolute Gasteiger partial charge is 0.207 e. The predicted molar refractivity (Wildman–Crippen MR) is 117 cm³/mol. The van der Waals surface area contributed by atoms with E-state index in [0.717, 1.165) is 16.3 Å². The molecule has 0 saturated carbocycles. The van der Waals surface area contributed by atoms with Crippen LogP contribution < -0.4 is 4.74 Å². The van der Waals surface area contributed by atoms with Gasteiger partial charge in [0.1, 0.15) is 11.4 Å². The molecule has 0 aliphatic heterocycles. The van der Waals surface area contributed by atoms with Crippen LogP contribution in [0, 0.1) is 0 Å². The highest BCUT2D eigenvalue weighted by molar-refractivity contribution is 6.05. The maximum Gasteiger partial charge on any atom is 0.207 e. The number of pyridine rings is 2. The summed E-state index contributed by atoms with van der Waals surface area (Å²) < 4.78 is 12.8. The Kier molecular flexibility index (Phi) is 4.10.